The number of furan rings is 1. The van der Waals surface area contributed by atoms with E-state index in [4.69, 9.17) is 19.6 Å². The number of rotatable bonds is 8. The van der Waals surface area contributed by atoms with Crippen LogP contribution >= 0.6 is 0 Å². The van der Waals surface area contributed by atoms with E-state index >= 15 is 0 Å². The number of guanidine groups is 1. The van der Waals surface area contributed by atoms with Crippen LogP contribution in [0.25, 0.3) is 0 Å². The summed E-state index contributed by atoms with van der Waals surface area (Å²) in [6.07, 6.45) is 0.990. The molecule has 24 heavy (non-hydrogen) atoms. The quantitative estimate of drug-likeness (QED) is 0.309. The van der Waals surface area contributed by atoms with Gasteiger partial charge in [-0.3, -0.25) is 4.90 Å². The molecular weight excluding hydrogens is 312 g/mol. The molecule has 3 N–H and O–H groups in total. The first kappa shape index (κ1) is 18.3. The lowest BCUT2D eigenvalue weighted by Crippen LogP contribution is -2.39. The highest BCUT2D eigenvalue weighted by Gasteiger charge is 2.12. The highest BCUT2D eigenvalue weighted by Crippen LogP contribution is 2.10. The van der Waals surface area contributed by atoms with Gasteiger partial charge in [0, 0.05) is 19.6 Å². The fraction of sp³-hybridized carbons (Fsp3) is 0.625. The first-order chi connectivity index (χ1) is 11.7. The molecule has 1 fully saturated rings. The normalized spacial score (nSPS) is 16.1. The molecule has 8 nitrogen and oxygen atoms in total. The van der Waals surface area contributed by atoms with Crippen molar-refractivity contribution in [2.75, 3.05) is 46.0 Å². The van der Waals surface area contributed by atoms with Crippen LogP contribution in [0.3, 0.4) is 0 Å². The lowest BCUT2D eigenvalue weighted by Gasteiger charge is -2.26. The Hall–Kier alpha value is -2.06. The van der Waals surface area contributed by atoms with Crippen LogP contribution in [0.5, 0.6) is 0 Å². The molecule has 0 atom stereocenters. The van der Waals surface area contributed by atoms with Crippen molar-refractivity contribution >= 4 is 11.9 Å². The van der Waals surface area contributed by atoms with E-state index in [1.807, 2.05) is 0 Å². The van der Waals surface area contributed by atoms with E-state index in [1.54, 1.807) is 19.1 Å². The van der Waals surface area contributed by atoms with Crippen LogP contribution in [0.2, 0.25) is 0 Å². The van der Waals surface area contributed by atoms with Gasteiger partial charge in [0.05, 0.1) is 19.8 Å². The minimum atomic E-state index is -0.470. The zero-order chi connectivity index (χ0) is 17.2. The van der Waals surface area contributed by atoms with Gasteiger partial charge < -0.3 is 24.9 Å². The van der Waals surface area contributed by atoms with Gasteiger partial charge in [0.25, 0.3) is 0 Å². The van der Waals surface area contributed by atoms with Crippen molar-refractivity contribution in [1.29, 1.82) is 0 Å². The predicted molar refractivity (Wildman–Crippen MR) is 89.9 cm³/mol. The maximum atomic E-state index is 11.5. The van der Waals surface area contributed by atoms with Crippen LogP contribution in [-0.4, -0.2) is 62.8 Å². The molecule has 0 radical (unpaired) electrons. The van der Waals surface area contributed by atoms with E-state index in [0.29, 0.717) is 18.3 Å². The van der Waals surface area contributed by atoms with Crippen molar-refractivity contribution in [3.63, 3.8) is 0 Å². The fourth-order valence-corrected chi connectivity index (χ4v) is 2.34. The van der Waals surface area contributed by atoms with Crippen LogP contribution in [0.15, 0.2) is 21.5 Å². The van der Waals surface area contributed by atoms with E-state index in [1.165, 1.54) is 0 Å². The van der Waals surface area contributed by atoms with Gasteiger partial charge in [0.15, 0.2) is 5.96 Å². The van der Waals surface area contributed by atoms with Gasteiger partial charge in [-0.25, -0.2) is 9.79 Å². The number of aliphatic imine (C=N–C) groups is 1. The monoisotopic (exact) mass is 338 g/mol. The summed E-state index contributed by atoms with van der Waals surface area (Å²) in [6, 6.07) is 3.27. The number of morpholine rings is 1. The summed E-state index contributed by atoms with van der Waals surface area (Å²) in [7, 11) is 0. The predicted octanol–water partition coefficient (Wildman–Crippen LogP) is 0.583. The molecule has 0 saturated carbocycles. The summed E-state index contributed by atoms with van der Waals surface area (Å²) >= 11 is 0. The topological polar surface area (TPSA) is 102 Å². The van der Waals surface area contributed by atoms with E-state index in [0.717, 1.165) is 45.8 Å². The zero-order valence-corrected chi connectivity index (χ0v) is 14.1. The number of carbonyl (C=O) groups is 1. The molecule has 0 unspecified atom stereocenters. The third-order valence-electron chi connectivity index (χ3n) is 3.60. The molecule has 134 valence electrons. The van der Waals surface area contributed by atoms with Crippen LogP contribution in [0.4, 0.5) is 0 Å². The average molecular weight is 338 g/mol. The van der Waals surface area contributed by atoms with Crippen LogP contribution in [0.1, 0.15) is 29.7 Å². The van der Waals surface area contributed by atoms with Gasteiger partial charge in [-0.1, -0.05) is 0 Å². The Bertz CT molecular complexity index is 538. The largest absolute Gasteiger partial charge is 0.460 e. The Labute approximate surface area is 142 Å². The molecular formula is C16H26N4O4. The summed E-state index contributed by atoms with van der Waals surface area (Å²) in [6.45, 7) is 7.73. The second kappa shape index (κ2) is 9.94. The van der Waals surface area contributed by atoms with Gasteiger partial charge in [-0.15, -0.1) is 0 Å². The number of nitrogens with one attached hydrogen (secondary N) is 1. The number of nitrogens with two attached hydrogens (primary N) is 1. The number of hydrogen-bond donors (Lipinski definition) is 2. The summed E-state index contributed by atoms with van der Waals surface area (Å²) in [5, 5.41) is 3.08. The number of ether oxygens (including phenoxy) is 2. The van der Waals surface area contributed by atoms with E-state index in [9.17, 15) is 4.79 Å². The van der Waals surface area contributed by atoms with Gasteiger partial charge >= 0.3 is 5.97 Å². The van der Waals surface area contributed by atoms with E-state index in [-0.39, 0.29) is 12.3 Å². The van der Waals surface area contributed by atoms with Gasteiger partial charge in [-0.2, -0.15) is 0 Å². The Morgan fingerprint density at radius 3 is 2.96 bits per heavy atom. The van der Waals surface area contributed by atoms with Crippen molar-refractivity contribution < 1.29 is 18.7 Å². The molecule has 0 aliphatic carbocycles. The maximum absolute atomic E-state index is 11.5. The third-order valence-corrected chi connectivity index (χ3v) is 3.60. The molecule has 1 aromatic heterocycles. The second-order valence-corrected chi connectivity index (χ2v) is 5.42. The molecule has 0 bridgehead atoms. The Morgan fingerprint density at radius 2 is 2.21 bits per heavy atom. The van der Waals surface area contributed by atoms with Gasteiger partial charge in [0.2, 0.25) is 5.76 Å². The highest BCUT2D eigenvalue weighted by atomic mass is 16.5. The van der Waals surface area contributed by atoms with Crippen molar-refractivity contribution in [3.05, 3.63) is 23.7 Å². The first-order valence-corrected chi connectivity index (χ1v) is 8.28. The molecule has 1 aromatic rings. The van der Waals surface area contributed by atoms with Crippen LogP contribution in [-0.2, 0) is 16.0 Å². The van der Waals surface area contributed by atoms with Gasteiger partial charge in [-0.05, 0) is 32.0 Å². The summed E-state index contributed by atoms with van der Waals surface area (Å²) in [5.74, 6) is 0.642. The summed E-state index contributed by atoms with van der Waals surface area (Å²) in [4.78, 5) is 18.1. The lowest BCUT2D eigenvalue weighted by molar-refractivity contribution is 0.0376. The Balaban J connectivity index is 1.65. The van der Waals surface area contributed by atoms with Crippen LogP contribution in [0, 0.1) is 0 Å². The molecule has 0 spiro atoms. The Kier molecular flexibility index (Phi) is 7.57. The van der Waals surface area contributed by atoms with Crippen molar-refractivity contribution in [1.82, 2.24) is 10.2 Å². The molecule has 1 saturated heterocycles. The molecule has 8 heteroatoms. The first-order valence-electron chi connectivity index (χ1n) is 8.28. The minimum absolute atomic E-state index is 0.180. The molecule has 1 aliphatic rings. The summed E-state index contributed by atoms with van der Waals surface area (Å²) < 4.78 is 15.5. The SMILES string of the molecule is CCOC(=O)c1ccc(CN=C(N)NCCCN2CCOCC2)o1. The van der Waals surface area contributed by atoms with Crippen LogP contribution < -0.4 is 11.1 Å². The zero-order valence-electron chi connectivity index (χ0n) is 14.1. The molecule has 2 rings (SSSR count). The number of carbonyl (C=O) groups excluding carboxylic acids is 1. The van der Waals surface area contributed by atoms with Gasteiger partial charge in [0.1, 0.15) is 12.3 Å². The molecule has 0 aromatic carbocycles. The number of hydrogen-bond acceptors (Lipinski definition) is 6. The van der Waals surface area contributed by atoms with E-state index in [2.05, 4.69) is 15.2 Å². The third kappa shape index (κ3) is 6.21. The smallest absolute Gasteiger partial charge is 0.374 e. The molecule has 0 amide bonds. The Morgan fingerprint density at radius 1 is 1.42 bits per heavy atom. The minimum Gasteiger partial charge on any atom is -0.460 e. The average Bonchev–Trinajstić information content (AvgIpc) is 3.07. The maximum Gasteiger partial charge on any atom is 0.374 e. The molecule has 1 aliphatic heterocycles. The number of nitrogens with zero attached hydrogens (tertiary/aromatic N) is 2. The van der Waals surface area contributed by atoms with Crippen molar-refractivity contribution in [2.24, 2.45) is 10.7 Å². The van der Waals surface area contributed by atoms with E-state index < -0.39 is 5.97 Å². The lowest BCUT2D eigenvalue weighted by atomic mass is 10.3. The molecule has 2 heterocycles. The fourth-order valence-electron chi connectivity index (χ4n) is 2.34. The summed E-state index contributed by atoms with van der Waals surface area (Å²) in [5.41, 5.74) is 5.83. The highest BCUT2D eigenvalue weighted by molar-refractivity contribution is 5.86. The standard InChI is InChI=1S/C16H26N4O4/c1-2-23-15(21)14-5-4-13(24-14)12-19-16(17)18-6-3-7-20-8-10-22-11-9-20/h4-5H,2-3,6-12H2,1H3,(H3,17,18,19). The van der Waals surface area contributed by atoms with Crippen molar-refractivity contribution in [2.45, 2.75) is 19.9 Å². The van der Waals surface area contributed by atoms with Crippen molar-refractivity contribution in [3.8, 4) is 0 Å². The second-order valence-electron chi connectivity index (χ2n) is 5.42. The number of esters is 1.